The zero-order valence-electron chi connectivity index (χ0n) is 30.9. The smallest absolute Gasteiger partial charge is 0.171 e. The van der Waals surface area contributed by atoms with Gasteiger partial charge >= 0.3 is 0 Å². The van der Waals surface area contributed by atoms with Crippen molar-refractivity contribution in [3.63, 3.8) is 0 Å². The Balaban J connectivity index is 2.09. The van der Waals surface area contributed by atoms with Crippen LogP contribution in [0.2, 0.25) is 0 Å². The molecule has 258 valence electrons. The first kappa shape index (κ1) is 41.2. The highest BCUT2D eigenvalue weighted by Crippen LogP contribution is 2.17. The maximum atomic E-state index is 2.55. The molecule has 1 nitrogen and oxygen atoms in total. The van der Waals surface area contributed by atoms with E-state index in [1.54, 1.807) is 11.1 Å². The van der Waals surface area contributed by atoms with E-state index in [2.05, 4.69) is 43.8 Å². The van der Waals surface area contributed by atoms with E-state index in [1.807, 2.05) is 0 Å². The van der Waals surface area contributed by atoms with Crippen LogP contribution in [0.4, 0.5) is 0 Å². The minimum atomic E-state index is 1.19. The fourth-order valence-electron chi connectivity index (χ4n) is 6.92. The molecule has 0 fully saturated rings. The van der Waals surface area contributed by atoms with E-state index in [0.717, 1.165) is 0 Å². The first-order valence-electron chi connectivity index (χ1n) is 20.8. The van der Waals surface area contributed by atoms with Crippen molar-refractivity contribution in [1.29, 1.82) is 0 Å². The number of unbranched alkanes of at least 4 members (excludes halogenated alkanes) is 29. The number of hydrogen-bond donors (Lipinski definition) is 0. The number of aromatic nitrogens is 1. The summed E-state index contributed by atoms with van der Waals surface area (Å²) in [5, 5.41) is 0. The summed E-state index contributed by atoms with van der Waals surface area (Å²) < 4.78 is 2.52. The predicted molar refractivity (Wildman–Crippen MR) is 199 cm³/mol. The molecule has 0 aliphatic heterocycles. The highest BCUT2D eigenvalue weighted by molar-refractivity contribution is 5.15. The number of aryl methyl sites for hydroxylation is 3. The van der Waals surface area contributed by atoms with Gasteiger partial charge in [-0.2, -0.15) is 0 Å². The zero-order chi connectivity index (χ0) is 31.6. The van der Waals surface area contributed by atoms with E-state index < -0.39 is 0 Å². The Morgan fingerprint density at radius 1 is 0.318 bits per heavy atom. The average molecular weight is 613 g/mol. The van der Waals surface area contributed by atoms with Crippen LogP contribution in [0.25, 0.3) is 0 Å². The van der Waals surface area contributed by atoms with Gasteiger partial charge in [-0.1, -0.05) is 207 Å². The summed E-state index contributed by atoms with van der Waals surface area (Å²) in [4.78, 5) is 0. The fourth-order valence-corrected chi connectivity index (χ4v) is 6.92. The molecular weight excluding hydrogens is 530 g/mol. The molecule has 0 unspecified atom stereocenters. The summed E-state index contributed by atoms with van der Waals surface area (Å²) in [6.07, 6.45) is 53.5. The van der Waals surface area contributed by atoms with E-state index in [0.29, 0.717) is 0 Å². The second kappa shape index (κ2) is 33.5. The van der Waals surface area contributed by atoms with Gasteiger partial charge in [-0.05, 0) is 31.7 Å². The van der Waals surface area contributed by atoms with Crippen molar-refractivity contribution in [1.82, 2.24) is 0 Å². The SMILES string of the molecule is CCCCCCCCCCCCCCCCCc1cc(CCCCCCCCCCCCCCCCC)c[n+](CCCC)c1. The summed E-state index contributed by atoms with van der Waals surface area (Å²) in [5.41, 5.74) is 3.18. The molecule has 0 saturated carbocycles. The van der Waals surface area contributed by atoms with E-state index in [4.69, 9.17) is 0 Å². The Hall–Kier alpha value is -0.850. The van der Waals surface area contributed by atoms with Crippen molar-refractivity contribution in [2.24, 2.45) is 0 Å². The van der Waals surface area contributed by atoms with Gasteiger partial charge in [-0.3, -0.25) is 0 Å². The number of pyridine rings is 1. The summed E-state index contributed by atoms with van der Waals surface area (Å²) in [7, 11) is 0. The molecule has 1 aromatic rings. The van der Waals surface area contributed by atoms with Crippen LogP contribution in [0, 0.1) is 0 Å². The van der Waals surface area contributed by atoms with Crippen LogP contribution >= 0.6 is 0 Å². The molecule has 0 saturated heterocycles. The van der Waals surface area contributed by atoms with Crippen molar-refractivity contribution < 1.29 is 4.57 Å². The molecule has 0 aliphatic carbocycles. The Labute approximate surface area is 279 Å². The molecule has 1 heteroatoms. The third-order valence-electron chi connectivity index (χ3n) is 9.94. The second-order valence-electron chi connectivity index (χ2n) is 14.5. The van der Waals surface area contributed by atoms with Gasteiger partial charge in [0.05, 0.1) is 0 Å². The Morgan fingerprint density at radius 2 is 0.568 bits per heavy atom. The van der Waals surface area contributed by atoms with E-state index in [-0.39, 0.29) is 0 Å². The lowest BCUT2D eigenvalue weighted by Crippen LogP contribution is -2.34. The Morgan fingerprint density at radius 3 is 0.841 bits per heavy atom. The molecule has 0 aliphatic rings. The molecular formula is C43H82N+. The molecule has 0 N–H and O–H groups in total. The minimum Gasteiger partial charge on any atom is -0.205 e. The monoisotopic (exact) mass is 613 g/mol. The van der Waals surface area contributed by atoms with Crippen molar-refractivity contribution in [3.8, 4) is 0 Å². The molecule has 1 aromatic heterocycles. The van der Waals surface area contributed by atoms with Gasteiger partial charge in [0.25, 0.3) is 0 Å². The summed E-state index contributed by atoms with van der Waals surface area (Å²) in [6, 6.07) is 2.55. The first-order valence-corrected chi connectivity index (χ1v) is 20.8. The quantitative estimate of drug-likeness (QED) is 0.0530. The van der Waals surface area contributed by atoms with Gasteiger partial charge in [0.2, 0.25) is 0 Å². The highest BCUT2D eigenvalue weighted by atomic mass is 14.9. The van der Waals surface area contributed by atoms with Crippen LogP contribution in [0.15, 0.2) is 18.5 Å². The molecule has 0 bridgehead atoms. The Bertz CT molecular complexity index is 642. The largest absolute Gasteiger partial charge is 0.205 e. The van der Waals surface area contributed by atoms with Gasteiger partial charge in [0.15, 0.2) is 12.4 Å². The molecule has 1 rings (SSSR count). The normalized spacial score (nSPS) is 11.5. The van der Waals surface area contributed by atoms with Crippen LogP contribution in [-0.2, 0) is 19.4 Å². The molecule has 0 radical (unpaired) electrons. The lowest BCUT2D eigenvalue weighted by molar-refractivity contribution is -0.698. The average Bonchev–Trinajstić information content (AvgIpc) is 3.03. The van der Waals surface area contributed by atoms with Crippen LogP contribution < -0.4 is 4.57 Å². The number of nitrogens with zero attached hydrogens (tertiary/aromatic N) is 1. The van der Waals surface area contributed by atoms with E-state index >= 15 is 0 Å². The summed E-state index contributed by atoms with van der Waals surface area (Å²) >= 11 is 0. The maximum absolute atomic E-state index is 2.55. The van der Waals surface area contributed by atoms with Crippen molar-refractivity contribution >= 4 is 0 Å². The Kier molecular flexibility index (Phi) is 31.4. The predicted octanol–water partition coefficient (Wildman–Crippen LogP) is 14.6. The second-order valence-corrected chi connectivity index (χ2v) is 14.5. The van der Waals surface area contributed by atoms with E-state index in [1.165, 1.54) is 225 Å². The molecule has 0 spiro atoms. The van der Waals surface area contributed by atoms with Gasteiger partial charge in [0, 0.05) is 17.5 Å². The summed E-state index contributed by atoms with van der Waals surface area (Å²) in [6.45, 7) is 8.12. The van der Waals surface area contributed by atoms with Gasteiger partial charge in [-0.25, -0.2) is 4.57 Å². The fraction of sp³-hybridized carbons (Fsp3) is 0.884. The van der Waals surface area contributed by atoms with Gasteiger partial charge < -0.3 is 0 Å². The first-order chi connectivity index (χ1) is 21.8. The van der Waals surface area contributed by atoms with Crippen LogP contribution in [0.5, 0.6) is 0 Å². The van der Waals surface area contributed by atoms with Gasteiger partial charge in [-0.15, -0.1) is 0 Å². The molecule has 44 heavy (non-hydrogen) atoms. The zero-order valence-corrected chi connectivity index (χ0v) is 30.9. The van der Waals surface area contributed by atoms with Gasteiger partial charge in [0.1, 0.15) is 6.54 Å². The van der Waals surface area contributed by atoms with Crippen LogP contribution in [0.1, 0.15) is 237 Å². The van der Waals surface area contributed by atoms with Crippen LogP contribution in [-0.4, -0.2) is 0 Å². The topological polar surface area (TPSA) is 3.88 Å². The lowest BCUT2D eigenvalue weighted by atomic mass is 10.0. The molecule has 0 aromatic carbocycles. The molecule has 0 amide bonds. The minimum absolute atomic E-state index is 1.19. The van der Waals surface area contributed by atoms with Crippen molar-refractivity contribution in [2.45, 2.75) is 246 Å². The highest BCUT2D eigenvalue weighted by Gasteiger charge is 2.08. The summed E-state index contributed by atoms with van der Waals surface area (Å²) in [5.74, 6) is 0. The number of hydrogen-bond acceptors (Lipinski definition) is 0. The number of rotatable bonds is 35. The lowest BCUT2D eigenvalue weighted by Gasteiger charge is -2.07. The maximum Gasteiger partial charge on any atom is 0.171 e. The van der Waals surface area contributed by atoms with Crippen molar-refractivity contribution in [2.75, 3.05) is 0 Å². The molecule has 0 atom stereocenters. The third-order valence-corrected chi connectivity index (χ3v) is 9.94. The van der Waals surface area contributed by atoms with Crippen LogP contribution in [0.3, 0.4) is 0 Å². The van der Waals surface area contributed by atoms with Crippen molar-refractivity contribution in [3.05, 3.63) is 29.6 Å². The standard InChI is InChI=1S/C43H82N/c1-4-7-10-12-14-16-18-20-22-24-26-28-30-32-34-36-42-39-43(41-44(40-42)38-9-6-3)37-35-33-31-29-27-25-23-21-19-17-15-13-11-8-5-2/h39-41H,4-38H2,1-3H3/q+1. The van der Waals surface area contributed by atoms with E-state index in [9.17, 15) is 0 Å². The third kappa shape index (κ3) is 27.5. The molecule has 1 heterocycles.